The Labute approximate surface area is 264 Å². The van der Waals surface area contributed by atoms with Gasteiger partial charge in [0.05, 0.1) is 5.56 Å². The molecule has 4 aliphatic rings. The molecule has 2 N–H and O–H groups in total. The average molecular weight is 654 g/mol. The molecule has 1 unspecified atom stereocenters. The van der Waals surface area contributed by atoms with Crippen LogP contribution >= 0.6 is 0 Å². The third-order valence-electron chi connectivity index (χ3n) is 7.94. The molecular weight excluding hydrogens is 638 g/mol. The number of fused-ring (bicyclic) bond motifs is 18. The first-order valence-corrected chi connectivity index (χ1v) is 13.6. The topological polar surface area (TPSA) is 92.9 Å². The first-order chi connectivity index (χ1) is 21.4. The first kappa shape index (κ1) is 27.3. The molecule has 1 atom stereocenters. The van der Waals surface area contributed by atoms with Crippen LogP contribution in [0.4, 0.5) is 29.3 Å². The van der Waals surface area contributed by atoms with Crippen molar-refractivity contribution in [3.05, 3.63) is 130 Å². The number of anilines is 1. The van der Waals surface area contributed by atoms with Gasteiger partial charge in [0, 0.05) is 58.1 Å². The summed E-state index contributed by atoms with van der Waals surface area (Å²) in [6.45, 7) is 0. The van der Waals surface area contributed by atoms with Crippen molar-refractivity contribution in [2.75, 3.05) is 5.12 Å². The largest absolute Gasteiger partial charge is 0.323 e. The van der Waals surface area contributed by atoms with Crippen molar-refractivity contribution in [1.29, 1.82) is 0 Å². The van der Waals surface area contributed by atoms with Crippen LogP contribution in [0.15, 0.2) is 110 Å². The Balaban J connectivity index is 0.00000300. The molecule has 8 nitrogen and oxygen atoms in total. The molecule has 0 aliphatic carbocycles. The van der Waals surface area contributed by atoms with Crippen molar-refractivity contribution in [2.24, 2.45) is 25.0 Å². The predicted molar refractivity (Wildman–Crippen MR) is 159 cm³/mol. The Morgan fingerprint density at radius 2 is 1.42 bits per heavy atom. The summed E-state index contributed by atoms with van der Waals surface area (Å²) in [4.78, 5) is 25.6. The zero-order chi connectivity index (χ0) is 29.7. The molecule has 0 radical (unpaired) electrons. The molecule has 0 fully saturated rings. The number of halogens is 4. The van der Waals surface area contributed by atoms with E-state index in [0.29, 0.717) is 32.8 Å². The van der Waals surface area contributed by atoms with Gasteiger partial charge in [-0.3, -0.25) is 0 Å². The van der Waals surface area contributed by atoms with Gasteiger partial charge in [-0.15, -0.1) is 5.12 Å². The first-order valence-electron chi connectivity index (χ1n) is 13.6. The van der Waals surface area contributed by atoms with E-state index in [0.717, 1.165) is 12.1 Å². The van der Waals surface area contributed by atoms with Gasteiger partial charge in [0.2, 0.25) is 0 Å². The van der Waals surface area contributed by atoms with Crippen molar-refractivity contribution >= 4 is 51.6 Å². The zero-order valence-electron chi connectivity index (χ0n) is 23.0. The molecule has 0 amide bonds. The number of H-pyrrole nitrogens is 1. The Morgan fingerprint density at radius 1 is 0.689 bits per heavy atom. The fourth-order valence-electron chi connectivity index (χ4n) is 5.97. The van der Waals surface area contributed by atoms with Gasteiger partial charge in [-0.1, -0.05) is 65.1 Å². The number of aromatic nitrogens is 1. The number of benzene rings is 4. The number of rotatable bonds is 0. The molecule has 4 aliphatic heterocycles. The Morgan fingerprint density at radius 3 is 2.22 bits per heavy atom. The van der Waals surface area contributed by atoms with Crippen molar-refractivity contribution in [3.8, 4) is 0 Å². The fraction of sp³-hybridized carbons (Fsp3) is 0.0312. The molecule has 13 heteroatoms. The third-order valence-corrected chi connectivity index (χ3v) is 7.94. The molecule has 1 aromatic heterocycles. The van der Waals surface area contributed by atoms with Crippen LogP contribution in [0, 0.1) is 11.6 Å². The van der Waals surface area contributed by atoms with Gasteiger partial charge in [0.1, 0.15) is 23.3 Å². The van der Waals surface area contributed by atoms with Crippen LogP contribution in [0.25, 0.3) is 10.8 Å². The molecule has 214 valence electrons. The number of amidine groups is 5. The van der Waals surface area contributed by atoms with E-state index in [2.05, 4.69) is 30.3 Å². The second kappa shape index (κ2) is 9.61. The maximum atomic E-state index is 17.0. The SMILES string of the molecule is Fc1ccc2c(c1)/C1=N/C3(F)N\C(=N/C4=N\C(=N/c5[nH]c(c6ccccc56)N(F)C2=N1)c1ccccc14)c1c(F)cccc13.[Zn]. The second-order valence-electron chi connectivity index (χ2n) is 10.5. The number of hydrogen-bond acceptors (Lipinski definition) is 7. The molecule has 0 saturated heterocycles. The van der Waals surface area contributed by atoms with Crippen LogP contribution in [0.5, 0.6) is 0 Å². The van der Waals surface area contributed by atoms with E-state index in [4.69, 9.17) is 4.99 Å². The molecule has 8 bridgehead atoms. The van der Waals surface area contributed by atoms with Gasteiger partial charge in [0.15, 0.2) is 29.2 Å². The smallest absolute Gasteiger partial charge is 0.305 e. The number of hydrogen-bond donors (Lipinski definition) is 2. The summed E-state index contributed by atoms with van der Waals surface area (Å²) in [6, 6.07) is 21.7. The summed E-state index contributed by atoms with van der Waals surface area (Å²) < 4.78 is 63.3. The minimum absolute atomic E-state index is 0. The number of alkyl halides is 1. The summed E-state index contributed by atoms with van der Waals surface area (Å²) in [5.41, 5.74) is 1.13. The monoisotopic (exact) mass is 652 g/mol. The third kappa shape index (κ3) is 3.90. The van der Waals surface area contributed by atoms with Crippen molar-refractivity contribution in [1.82, 2.24) is 10.3 Å². The van der Waals surface area contributed by atoms with Gasteiger partial charge < -0.3 is 10.3 Å². The molecule has 5 aromatic rings. The maximum Gasteiger partial charge on any atom is 0.305 e. The van der Waals surface area contributed by atoms with Gasteiger partial charge in [0.25, 0.3) is 0 Å². The zero-order valence-corrected chi connectivity index (χ0v) is 26.0. The number of aromatic amines is 1. The average Bonchev–Trinajstić information content (AvgIpc) is 3.74. The molecule has 5 heterocycles. The number of aliphatic imine (C=N–C) groups is 5. The van der Waals surface area contributed by atoms with Crippen LogP contribution in [-0.2, 0) is 25.4 Å². The van der Waals surface area contributed by atoms with Crippen LogP contribution < -0.4 is 10.4 Å². The van der Waals surface area contributed by atoms with E-state index in [1.165, 1.54) is 24.3 Å². The van der Waals surface area contributed by atoms with E-state index in [1.54, 1.807) is 42.5 Å². The number of nitrogens with zero attached hydrogens (tertiary/aromatic N) is 6. The van der Waals surface area contributed by atoms with Gasteiger partial charge in [-0.25, -0.2) is 33.7 Å². The van der Waals surface area contributed by atoms with E-state index in [1.807, 2.05) is 6.07 Å². The summed E-state index contributed by atoms with van der Waals surface area (Å²) in [5, 5.41) is 3.98. The van der Waals surface area contributed by atoms with E-state index < -0.39 is 17.6 Å². The molecule has 45 heavy (non-hydrogen) atoms. The Kier molecular flexibility index (Phi) is 5.82. The molecule has 0 spiro atoms. The maximum absolute atomic E-state index is 17.0. The van der Waals surface area contributed by atoms with E-state index in [9.17, 15) is 4.39 Å². The Hall–Kier alpha value is -5.29. The summed E-state index contributed by atoms with van der Waals surface area (Å²) in [7, 11) is 0. The summed E-state index contributed by atoms with van der Waals surface area (Å²) in [6.07, 6.45) is 0. The molecular formula is C32H16F4N8Zn. The minimum Gasteiger partial charge on any atom is -0.323 e. The van der Waals surface area contributed by atoms with Gasteiger partial charge in [-0.2, -0.15) is 4.39 Å². The fourth-order valence-corrected chi connectivity index (χ4v) is 5.97. The van der Waals surface area contributed by atoms with Crippen LogP contribution in [-0.4, -0.2) is 34.2 Å². The predicted octanol–water partition coefficient (Wildman–Crippen LogP) is 6.32. The molecule has 4 aromatic carbocycles. The minimum atomic E-state index is -2.78. The van der Waals surface area contributed by atoms with E-state index in [-0.39, 0.29) is 76.7 Å². The standard InChI is InChI=1S/C32H16F4N8.Zn/c33-15-12-13-20-21(14-15)28-41-31(20)44(36)30-19-9-4-3-8-18(19)27(40-30)38-25-16-6-1-2-7-17(16)26(37-25)39-29-24-22(10-5-11-23(24)34)32(35,42-28)43-29;/h1-14,40H,(H,37,38,39,43);/b42-28-;. The van der Waals surface area contributed by atoms with Crippen molar-refractivity contribution in [3.63, 3.8) is 0 Å². The summed E-state index contributed by atoms with van der Waals surface area (Å²) in [5.74, 6) is -4.13. The van der Waals surface area contributed by atoms with Crippen molar-refractivity contribution < 1.29 is 37.1 Å². The number of nitrogens with one attached hydrogen (secondary N) is 2. The van der Waals surface area contributed by atoms with Gasteiger partial charge in [-0.05, 0) is 24.3 Å². The Bertz CT molecular complexity index is 2290. The molecule has 9 rings (SSSR count). The quantitative estimate of drug-likeness (QED) is 0.0886. The molecule has 0 saturated carbocycles. The van der Waals surface area contributed by atoms with Crippen LogP contribution in [0.2, 0.25) is 0 Å². The normalized spacial score (nSPS) is 22.4. The second-order valence-corrected chi connectivity index (χ2v) is 10.5. The van der Waals surface area contributed by atoms with E-state index >= 15 is 13.3 Å². The van der Waals surface area contributed by atoms with Gasteiger partial charge >= 0.3 is 5.92 Å². The van der Waals surface area contributed by atoms with Crippen LogP contribution in [0.3, 0.4) is 0 Å². The van der Waals surface area contributed by atoms with Crippen LogP contribution in [0.1, 0.15) is 33.4 Å². The summed E-state index contributed by atoms with van der Waals surface area (Å²) >= 11 is 0. The van der Waals surface area contributed by atoms with Crippen molar-refractivity contribution in [2.45, 2.75) is 5.92 Å².